The van der Waals surface area contributed by atoms with Crippen molar-refractivity contribution >= 4 is 23.1 Å². The second-order valence-electron chi connectivity index (χ2n) is 5.35. The largest absolute Gasteiger partial charge is 0.497 e. The van der Waals surface area contributed by atoms with E-state index in [1.165, 1.54) is 0 Å². The molecular weight excluding hydrogens is 318 g/mol. The Labute approximate surface area is 146 Å². The Balaban J connectivity index is 1.78. The quantitative estimate of drug-likeness (QED) is 0.710. The third-order valence-electron chi connectivity index (χ3n) is 3.52. The number of nitrogens with one attached hydrogen (secondary N) is 2. The van der Waals surface area contributed by atoms with Crippen LogP contribution in [0, 0.1) is 6.92 Å². The fraction of sp³-hybridized carbons (Fsp3) is 0.167. The molecule has 0 unspecified atom stereocenters. The van der Waals surface area contributed by atoms with Gasteiger partial charge in [-0.3, -0.25) is 0 Å². The third kappa shape index (κ3) is 4.14. The van der Waals surface area contributed by atoms with Crippen LogP contribution in [0.15, 0.2) is 48.7 Å². The number of ether oxygens (including phenoxy) is 2. The number of benzene rings is 2. The minimum Gasteiger partial charge on any atom is -0.497 e. The Hall–Kier alpha value is -3.35. The standard InChI is InChI=1S/C18H19N5O2/c1-12-4-9-16(25-3)15(10-12)21-17-11-19-23-18(22-17)20-13-5-7-14(24-2)8-6-13/h4-11H,1-3H3,(H2,20,21,22,23). The molecule has 0 amide bonds. The van der Waals surface area contributed by atoms with Crippen molar-refractivity contribution in [3.05, 3.63) is 54.2 Å². The molecule has 0 saturated heterocycles. The summed E-state index contributed by atoms with van der Waals surface area (Å²) in [6, 6.07) is 13.3. The van der Waals surface area contributed by atoms with Crippen LogP contribution in [-0.4, -0.2) is 29.4 Å². The molecule has 0 bridgehead atoms. The molecule has 7 nitrogen and oxygen atoms in total. The summed E-state index contributed by atoms with van der Waals surface area (Å²) in [6.07, 6.45) is 1.56. The van der Waals surface area contributed by atoms with Crippen LogP contribution in [0.1, 0.15) is 5.56 Å². The molecular formula is C18H19N5O2. The summed E-state index contributed by atoms with van der Waals surface area (Å²) in [5.41, 5.74) is 2.77. The molecule has 0 fully saturated rings. The van der Waals surface area contributed by atoms with Crippen molar-refractivity contribution in [1.29, 1.82) is 0 Å². The molecule has 0 saturated carbocycles. The number of anilines is 4. The maximum Gasteiger partial charge on any atom is 0.249 e. The molecule has 3 rings (SSSR count). The van der Waals surface area contributed by atoms with Gasteiger partial charge in [-0.05, 0) is 48.9 Å². The molecule has 0 aliphatic rings. The molecule has 1 heterocycles. The van der Waals surface area contributed by atoms with Crippen LogP contribution in [0.25, 0.3) is 0 Å². The van der Waals surface area contributed by atoms with E-state index in [1.807, 2.05) is 49.4 Å². The summed E-state index contributed by atoms with van der Waals surface area (Å²) >= 11 is 0. The van der Waals surface area contributed by atoms with Crippen LogP contribution < -0.4 is 20.1 Å². The zero-order chi connectivity index (χ0) is 17.6. The topological polar surface area (TPSA) is 81.2 Å². The van der Waals surface area contributed by atoms with Gasteiger partial charge in [0.2, 0.25) is 5.95 Å². The van der Waals surface area contributed by atoms with E-state index in [-0.39, 0.29) is 0 Å². The number of nitrogens with zero attached hydrogens (tertiary/aromatic N) is 3. The maximum absolute atomic E-state index is 5.37. The molecule has 0 aliphatic heterocycles. The number of rotatable bonds is 6. The SMILES string of the molecule is COc1ccc(Nc2nncc(Nc3cc(C)ccc3OC)n2)cc1. The molecule has 7 heteroatoms. The summed E-state index contributed by atoms with van der Waals surface area (Å²) in [5, 5.41) is 14.3. The van der Waals surface area contributed by atoms with Crippen LogP contribution >= 0.6 is 0 Å². The minimum atomic E-state index is 0.391. The van der Waals surface area contributed by atoms with Gasteiger partial charge in [-0.25, -0.2) is 0 Å². The predicted molar refractivity (Wildman–Crippen MR) is 97.1 cm³/mol. The molecule has 0 spiro atoms. The third-order valence-corrected chi connectivity index (χ3v) is 3.52. The van der Waals surface area contributed by atoms with Gasteiger partial charge < -0.3 is 20.1 Å². The molecule has 128 valence electrons. The molecule has 25 heavy (non-hydrogen) atoms. The zero-order valence-corrected chi connectivity index (χ0v) is 14.3. The number of aryl methyl sites for hydroxylation is 1. The second kappa shape index (κ2) is 7.48. The fourth-order valence-electron chi connectivity index (χ4n) is 2.28. The average molecular weight is 337 g/mol. The number of hydrogen-bond donors (Lipinski definition) is 2. The molecule has 0 radical (unpaired) electrons. The smallest absolute Gasteiger partial charge is 0.249 e. The number of methoxy groups -OCH3 is 2. The Morgan fingerprint density at radius 1 is 0.920 bits per heavy atom. The molecule has 3 aromatic rings. The molecule has 2 N–H and O–H groups in total. The highest BCUT2D eigenvalue weighted by Gasteiger charge is 2.07. The van der Waals surface area contributed by atoms with Gasteiger partial charge in [0.1, 0.15) is 11.5 Å². The summed E-state index contributed by atoms with van der Waals surface area (Å²) in [5.74, 6) is 2.47. The average Bonchev–Trinajstić information content (AvgIpc) is 2.63. The Morgan fingerprint density at radius 2 is 1.72 bits per heavy atom. The van der Waals surface area contributed by atoms with Crippen LogP contribution in [0.4, 0.5) is 23.1 Å². The van der Waals surface area contributed by atoms with E-state index in [4.69, 9.17) is 9.47 Å². The fourth-order valence-corrected chi connectivity index (χ4v) is 2.28. The van der Waals surface area contributed by atoms with E-state index >= 15 is 0 Å². The summed E-state index contributed by atoms with van der Waals surface area (Å²) in [6.45, 7) is 2.01. The number of hydrogen-bond acceptors (Lipinski definition) is 7. The summed E-state index contributed by atoms with van der Waals surface area (Å²) < 4.78 is 10.5. The molecule has 1 aromatic heterocycles. The first-order chi connectivity index (χ1) is 12.2. The second-order valence-corrected chi connectivity index (χ2v) is 5.35. The van der Waals surface area contributed by atoms with Crippen molar-refractivity contribution in [3.63, 3.8) is 0 Å². The van der Waals surface area contributed by atoms with E-state index in [0.717, 1.165) is 28.4 Å². The van der Waals surface area contributed by atoms with Crippen LogP contribution in [0.2, 0.25) is 0 Å². The maximum atomic E-state index is 5.37. The van der Waals surface area contributed by atoms with Crippen molar-refractivity contribution in [2.45, 2.75) is 6.92 Å². The van der Waals surface area contributed by atoms with E-state index in [0.29, 0.717) is 11.8 Å². The van der Waals surface area contributed by atoms with Gasteiger partial charge in [0.15, 0.2) is 5.82 Å². The first-order valence-electron chi connectivity index (χ1n) is 7.70. The lowest BCUT2D eigenvalue weighted by Gasteiger charge is -2.12. The summed E-state index contributed by atoms with van der Waals surface area (Å²) in [4.78, 5) is 4.43. The van der Waals surface area contributed by atoms with E-state index < -0.39 is 0 Å². The van der Waals surface area contributed by atoms with Crippen molar-refractivity contribution in [2.75, 3.05) is 24.9 Å². The lowest BCUT2D eigenvalue weighted by atomic mass is 10.2. The van der Waals surface area contributed by atoms with Gasteiger partial charge in [0.25, 0.3) is 0 Å². The van der Waals surface area contributed by atoms with Crippen LogP contribution in [0.5, 0.6) is 11.5 Å². The highest BCUT2D eigenvalue weighted by Crippen LogP contribution is 2.28. The summed E-state index contributed by atoms with van der Waals surface area (Å²) in [7, 11) is 3.26. The van der Waals surface area contributed by atoms with Crippen molar-refractivity contribution in [1.82, 2.24) is 15.2 Å². The van der Waals surface area contributed by atoms with Gasteiger partial charge in [-0.2, -0.15) is 10.1 Å². The van der Waals surface area contributed by atoms with Crippen molar-refractivity contribution in [2.24, 2.45) is 0 Å². The highest BCUT2D eigenvalue weighted by molar-refractivity contribution is 5.65. The van der Waals surface area contributed by atoms with E-state index in [9.17, 15) is 0 Å². The lowest BCUT2D eigenvalue weighted by Crippen LogP contribution is -2.03. The first-order valence-corrected chi connectivity index (χ1v) is 7.70. The Kier molecular flexibility index (Phi) is 4.94. The lowest BCUT2D eigenvalue weighted by molar-refractivity contribution is 0.415. The highest BCUT2D eigenvalue weighted by atomic mass is 16.5. The Bertz CT molecular complexity index is 852. The van der Waals surface area contributed by atoms with Gasteiger partial charge >= 0.3 is 0 Å². The molecule has 2 aromatic carbocycles. The van der Waals surface area contributed by atoms with Gasteiger partial charge in [-0.15, -0.1) is 5.10 Å². The van der Waals surface area contributed by atoms with E-state index in [2.05, 4.69) is 25.8 Å². The molecule has 0 aliphatic carbocycles. The van der Waals surface area contributed by atoms with Crippen molar-refractivity contribution in [3.8, 4) is 11.5 Å². The number of aromatic nitrogens is 3. The van der Waals surface area contributed by atoms with Crippen molar-refractivity contribution < 1.29 is 9.47 Å². The Morgan fingerprint density at radius 3 is 2.44 bits per heavy atom. The van der Waals surface area contributed by atoms with E-state index in [1.54, 1.807) is 20.4 Å². The zero-order valence-electron chi connectivity index (χ0n) is 14.3. The molecule has 0 atom stereocenters. The monoisotopic (exact) mass is 337 g/mol. The van der Waals surface area contributed by atoms with Gasteiger partial charge in [0.05, 0.1) is 26.1 Å². The minimum absolute atomic E-state index is 0.391. The van der Waals surface area contributed by atoms with Gasteiger partial charge in [-0.1, -0.05) is 6.07 Å². The normalized spacial score (nSPS) is 10.2. The first kappa shape index (κ1) is 16.5. The predicted octanol–water partition coefficient (Wildman–Crippen LogP) is 3.68. The van der Waals surface area contributed by atoms with Crippen LogP contribution in [-0.2, 0) is 0 Å². The van der Waals surface area contributed by atoms with Crippen LogP contribution in [0.3, 0.4) is 0 Å². The van der Waals surface area contributed by atoms with Gasteiger partial charge in [0, 0.05) is 5.69 Å².